The molecule has 0 amide bonds. The predicted octanol–water partition coefficient (Wildman–Crippen LogP) is 4.31. The summed E-state index contributed by atoms with van der Waals surface area (Å²) in [7, 11) is 0. The number of nitrogens with zero attached hydrogens (tertiary/aromatic N) is 1. The van der Waals surface area contributed by atoms with Crippen molar-refractivity contribution in [3.8, 4) is 0 Å². The lowest BCUT2D eigenvalue weighted by atomic mass is 10.2. The molecule has 0 aliphatic heterocycles. The van der Waals surface area contributed by atoms with Crippen molar-refractivity contribution in [2.24, 2.45) is 5.73 Å². The van der Waals surface area contributed by atoms with Crippen LogP contribution in [0.3, 0.4) is 0 Å². The molecule has 1 aromatic carbocycles. The van der Waals surface area contributed by atoms with E-state index in [1.165, 1.54) is 11.8 Å². The first-order valence-electron chi connectivity index (χ1n) is 5.38. The minimum atomic E-state index is 0.497. The second kappa shape index (κ2) is 5.93. The molecular weight excluding hydrogens is 287 g/mol. The summed E-state index contributed by atoms with van der Waals surface area (Å²) in [5.41, 5.74) is 7.68. The third-order valence-corrected chi connectivity index (χ3v) is 4.28. The second-order valence-corrected chi connectivity index (χ2v) is 5.72. The minimum Gasteiger partial charge on any atom is -0.326 e. The highest BCUT2D eigenvalue weighted by molar-refractivity contribution is 7.99. The largest absolute Gasteiger partial charge is 0.326 e. The van der Waals surface area contributed by atoms with Crippen LogP contribution in [0.15, 0.2) is 40.4 Å². The summed E-state index contributed by atoms with van der Waals surface area (Å²) in [4.78, 5) is 5.30. The zero-order chi connectivity index (χ0) is 13.1. The lowest BCUT2D eigenvalue weighted by Gasteiger charge is -2.08. The summed E-state index contributed by atoms with van der Waals surface area (Å²) in [5, 5.41) is 2.25. The van der Waals surface area contributed by atoms with Crippen molar-refractivity contribution in [2.75, 3.05) is 0 Å². The minimum absolute atomic E-state index is 0.497. The van der Waals surface area contributed by atoms with Crippen molar-refractivity contribution in [2.45, 2.75) is 23.4 Å². The van der Waals surface area contributed by atoms with Gasteiger partial charge in [-0.1, -0.05) is 41.0 Å². The van der Waals surface area contributed by atoms with Crippen LogP contribution in [0.5, 0.6) is 0 Å². The molecule has 0 aliphatic rings. The van der Waals surface area contributed by atoms with E-state index in [1.807, 2.05) is 19.1 Å². The van der Waals surface area contributed by atoms with Gasteiger partial charge in [0, 0.05) is 22.7 Å². The van der Waals surface area contributed by atoms with Crippen molar-refractivity contribution in [1.82, 2.24) is 4.98 Å². The number of aryl methyl sites for hydroxylation is 1. The lowest BCUT2D eigenvalue weighted by Crippen LogP contribution is -1.98. The predicted molar refractivity (Wildman–Crippen MR) is 77.5 cm³/mol. The standard InChI is InChI=1S/C13H12Cl2N2S/c1-8-4-9(6-16)7-17-13(8)18-12-5-10(14)2-3-11(12)15/h2-5,7H,6,16H2,1H3. The highest BCUT2D eigenvalue weighted by atomic mass is 35.5. The Balaban J connectivity index is 2.31. The van der Waals surface area contributed by atoms with Crippen LogP contribution in [0.1, 0.15) is 11.1 Å². The monoisotopic (exact) mass is 298 g/mol. The lowest BCUT2D eigenvalue weighted by molar-refractivity contribution is 0.988. The number of rotatable bonds is 3. The van der Waals surface area contributed by atoms with Crippen LogP contribution >= 0.6 is 35.0 Å². The van der Waals surface area contributed by atoms with Gasteiger partial charge in [-0.3, -0.25) is 0 Å². The van der Waals surface area contributed by atoms with Crippen molar-refractivity contribution in [1.29, 1.82) is 0 Å². The molecule has 5 heteroatoms. The first-order chi connectivity index (χ1) is 8.60. The molecule has 2 rings (SSSR count). The van der Waals surface area contributed by atoms with Gasteiger partial charge in [-0.25, -0.2) is 4.98 Å². The summed E-state index contributed by atoms with van der Waals surface area (Å²) in [6.45, 7) is 2.50. The molecule has 2 N–H and O–H groups in total. The first-order valence-corrected chi connectivity index (χ1v) is 6.96. The van der Waals surface area contributed by atoms with E-state index < -0.39 is 0 Å². The van der Waals surface area contributed by atoms with Gasteiger partial charge in [-0.2, -0.15) is 0 Å². The molecule has 0 saturated carbocycles. The van der Waals surface area contributed by atoms with Gasteiger partial charge in [0.1, 0.15) is 5.03 Å². The molecule has 0 spiro atoms. The third-order valence-electron chi connectivity index (χ3n) is 2.42. The molecule has 2 nitrogen and oxygen atoms in total. The molecule has 1 aromatic heterocycles. The maximum Gasteiger partial charge on any atom is 0.104 e. The Morgan fingerprint density at radius 2 is 2.06 bits per heavy atom. The molecule has 0 saturated heterocycles. The molecule has 94 valence electrons. The van der Waals surface area contributed by atoms with Crippen LogP contribution < -0.4 is 5.73 Å². The molecular formula is C13H12Cl2N2S. The van der Waals surface area contributed by atoms with E-state index >= 15 is 0 Å². The molecule has 1 heterocycles. The van der Waals surface area contributed by atoms with E-state index in [9.17, 15) is 0 Å². The zero-order valence-corrected chi connectivity index (χ0v) is 12.1. The Kier molecular flexibility index (Phi) is 4.51. The van der Waals surface area contributed by atoms with Gasteiger partial charge in [0.15, 0.2) is 0 Å². The fourth-order valence-electron chi connectivity index (χ4n) is 1.50. The fraction of sp³-hybridized carbons (Fsp3) is 0.154. The number of benzene rings is 1. The third kappa shape index (κ3) is 3.18. The van der Waals surface area contributed by atoms with Gasteiger partial charge < -0.3 is 5.73 Å². The summed E-state index contributed by atoms with van der Waals surface area (Å²) >= 11 is 13.6. The van der Waals surface area contributed by atoms with Gasteiger partial charge in [0.25, 0.3) is 0 Å². The van der Waals surface area contributed by atoms with Crippen molar-refractivity contribution in [3.63, 3.8) is 0 Å². The Hall–Kier alpha value is -0.740. The van der Waals surface area contributed by atoms with E-state index in [1.54, 1.807) is 18.3 Å². The van der Waals surface area contributed by atoms with Gasteiger partial charge in [-0.15, -0.1) is 0 Å². The summed E-state index contributed by atoms with van der Waals surface area (Å²) in [6.07, 6.45) is 1.79. The summed E-state index contributed by atoms with van der Waals surface area (Å²) in [5.74, 6) is 0. The first kappa shape index (κ1) is 13.7. The SMILES string of the molecule is Cc1cc(CN)cnc1Sc1cc(Cl)ccc1Cl. The summed E-state index contributed by atoms with van der Waals surface area (Å²) in [6, 6.07) is 7.43. The number of pyridine rings is 1. The highest BCUT2D eigenvalue weighted by Gasteiger charge is 2.07. The Labute approximate surface area is 121 Å². The smallest absolute Gasteiger partial charge is 0.104 e. The van der Waals surface area contributed by atoms with E-state index in [2.05, 4.69) is 4.98 Å². The van der Waals surface area contributed by atoms with Crippen molar-refractivity contribution < 1.29 is 0 Å². The van der Waals surface area contributed by atoms with Gasteiger partial charge in [-0.05, 0) is 36.2 Å². The van der Waals surface area contributed by atoms with E-state index in [-0.39, 0.29) is 0 Å². The number of hydrogen-bond donors (Lipinski definition) is 1. The maximum atomic E-state index is 6.13. The molecule has 0 fully saturated rings. The molecule has 0 radical (unpaired) electrons. The van der Waals surface area contributed by atoms with Gasteiger partial charge >= 0.3 is 0 Å². The zero-order valence-electron chi connectivity index (χ0n) is 9.78. The van der Waals surface area contributed by atoms with Gasteiger partial charge in [0.05, 0.1) is 5.02 Å². The molecule has 18 heavy (non-hydrogen) atoms. The number of hydrogen-bond acceptors (Lipinski definition) is 3. The highest BCUT2D eigenvalue weighted by Crippen LogP contribution is 2.35. The van der Waals surface area contributed by atoms with Crippen LogP contribution in [0.4, 0.5) is 0 Å². The molecule has 2 aromatic rings. The van der Waals surface area contributed by atoms with E-state index in [0.29, 0.717) is 16.6 Å². The number of aromatic nitrogens is 1. The number of nitrogens with two attached hydrogens (primary N) is 1. The van der Waals surface area contributed by atoms with Crippen LogP contribution in [-0.4, -0.2) is 4.98 Å². The molecule has 0 bridgehead atoms. The average molecular weight is 299 g/mol. The maximum absolute atomic E-state index is 6.13. The average Bonchev–Trinajstić information content (AvgIpc) is 2.36. The quantitative estimate of drug-likeness (QED) is 0.918. The van der Waals surface area contributed by atoms with Crippen LogP contribution in [0.25, 0.3) is 0 Å². The number of halogens is 2. The second-order valence-electron chi connectivity index (χ2n) is 3.85. The Morgan fingerprint density at radius 1 is 1.28 bits per heavy atom. The van der Waals surface area contributed by atoms with Gasteiger partial charge in [0.2, 0.25) is 0 Å². The van der Waals surface area contributed by atoms with Crippen LogP contribution in [0.2, 0.25) is 10.0 Å². The normalized spacial score (nSPS) is 10.7. The van der Waals surface area contributed by atoms with E-state index in [4.69, 9.17) is 28.9 Å². The Morgan fingerprint density at radius 3 is 2.72 bits per heavy atom. The van der Waals surface area contributed by atoms with Crippen molar-refractivity contribution in [3.05, 3.63) is 51.6 Å². The van der Waals surface area contributed by atoms with Crippen LogP contribution in [0, 0.1) is 6.92 Å². The fourth-order valence-corrected chi connectivity index (χ4v) is 2.85. The molecule has 0 unspecified atom stereocenters. The van der Waals surface area contributed by atoms with Crippen LogP contribution in [-0.2, 0) is 6.54 Å². The summed E-state index contributed by atoms with van der Waals surface area (Å²) < 4.78 is 0. The molecule has 0 atom stereocenters. The van der Waals surface area contributed by atoms with E-state index in [0.717, 1.165) is 21.0 Å². The van der Waals surface area contributed by atoms with Crippen molar-refractivity contribution >= 4 is 35.0 Å². The molecule has 0 aliphatic carbocycles. The Bertz CT molecular complexity index is 573. The topological polar surface area (TPSA) is 38.9 Å².